The maximum atomic E-state index is 12.8. The van der Waals surface area contributed by atoms with Crippen molar-refractivity contribution in [2.75, 3.05) is 17.5 Å². The summed E-state index contributed by atoms with van der Waals surface area (Å²) < 4.78 is 32.4. The van der Waals surface area contributed by atoms with Crippen molar-refractivity contribution in [3.8, 4) is 5.75 Å². The van der Waals surface area contributed by atoms with E-state index in [1.54, 1.807) is 24.3 Å². The lowest BCUT2D eigenvalue weighted by Crippen LogP contribution is -2.30. The van der Waals surface area contributed by atoms with E-state index in [0.717, 1.165) is 5.56 Å². The van der Waals surface area contributed by atoms with Crippen molar-refractivity contribution in [3.63, 3.8) is 0 Å². The molecule has 0 bridgehead atoms. The Morgan fingerprint density at radius 1 is 0.955 bits per heavy atom. The zero-order valence-corrected chi connectivity index (χ0v) is 13.9. The van der Waals surface area contributed by atoms with Crippen molar-refractivity contribution >= 4 is 15.7 Å². The second-order valence-electron chi connectivity index (χ2n) is 4.91. The molecule has 0 radical (unpaired) electrons. The van der Waals surface area contributed by atoms with Crippen LogP contribution in [0.4, 0.5) is 5.69 Å². The predicted molar refractivity (Wildman–Crippen MR) is 89.0 cm³/mol. The summed E-state index contributed by atoms with van der Waals surface area (Å²) in [6, 6.07) is 14.0. The molecule has 2 rings (SSSR count). The van der Waals surface area contributed by atoms with E-state index in [-0.39, 0.29) is 4.90 Å². The highest BCUT2D eigenvalue weighted by molar-refractivity contribution is 7.92. The number of ether oxygens (including phenoxy) is 1. The zero-order valence-electron chi connectivity index (χ0n) is 13.1. The summed E-state index contributed by atoms with van der Waals surface area (Å²) in [5, 5.41) is 0. The number of nitrogens with zero attached hydrogens (tertiary/aromatic N) is 1. The van der Waals surface area contributed by atoms with Gasteiger partial charge in [0.25, 0.3) is 10.0 Å². The molecule has 5 heteroatoms. The van der Waals surface area contributed by atoms with Crippen LogP contribution in [0, 0.1) is 6.92 Å². The number of aryl methyl sites for hydroxylation is 1. The molecule has 0 spiro atoms. The van der Waals surface area contributed by atoms with E-state index in [0.29, 0.717) is 24.6 Å². The molecule has 4 nitrogen and oxygen atoms in total. The SMILES string of the molecule is CCOc1ccc(S(=O)(=O)N(CC)c2ccc(C)cc2)cc1. The van der Waals surface area contributed by atoms with E-state index in [4.69, 9.17) is 4.74 Å². The van der Waals surface area contributed by atoms with Crippen LogP contribution < -0.4 is 9.04 Å². The molecule has 2 aromatic carbocycles. The normalized spacial score (nSPS) is 11.2. The van der Waals surface area contributed by atoms with Gasteiger partial charge in [0.2, 0.25) is 0 Å². The summed E-state index contributed by atoms with van der Waals surface area (Å²) in [4.78, 5) is 0.262. The molecule has 22 heavy (non-hydrogen) atoms. The Kier molecular flexibility index (Phi) is 5.08. The lowest BCUT2D eigenvalue weighted by Gasteiger charge is -2.23. The van der Waals surface area contributed by atoms with Crippen LogP contribution in [0.25, 0.3) is 0 Å². The number of sulfonamides is 1. The van der Waals surface area contributed by atoms with E-state index in [1.807, 2.05) is 45.0 Å². The summed E-state index contributed by atoms with van der Waals surface area (Å²) in [6.07, 6.45) is 0. The van der Waals surface area contributed by atoms with Gasteiger partial charge < -0.3 is 4.74 Å². The molecule has 0 saturated heterocycles. The highest BCUT2D eigenvalue weighted by Gasteiger charge is 2.23. The summed E-state index contributed by atoms with van der Waals surface area (Å²) in [6.45, 7) is 6.61. The third kappa shape index (κ3) is 3.42. The largest absolute Gasteiger partial charge is 0.494 e. The monoisotopic (exact) mass is 319 g/mol. The minimum atomic E-state index is -3.57. The lowest BCUT2D eigenvalue weighted by molar-refractivity contribution is 0.340. The fourth-order valence-corrected chi connectivity index (χ4v) is 3.68. The zero-order chi connectivity index (χ0) is 16.2. The Hall–Kier alpha value is -2.01. The van der Waals surface area contributed by atoms with Gasteiger partial charge in [-0.2, -0.15) is 0 Å². The van der Waals surface area contributed by atoms with E-state index >= 15 is 0 Å². The molecule has 0 unspecified atom stereocenters. The maximum absolute atomic E-state index is 12.8. The quantitative estimate of drug-likeness (QED) is 0.817. The first-order valence-electron chi connectivity index (χ1n) is 7.31. The van der Waals surface area contributed by atoms with Crippen LogP contribution in [0.3, 0.4) is 0 Å². The molecular formula is C17H21NO3S. The average molecular weight is 319 g/mol. The fraction of sp³-hybridized carbons (Fsp3) is 0.294. The second kappa shape index (κ2) is 6.83. The van der Waals surface area contributed by atoms with Gasteiger partial charge in [-0.05, 0) is 57.2 Å². The molecule has 0 aliphatic rings. The van der Waals surface area contributed by atoms with Gasteiger partial charge in [0.05, 0.1) is 17.2 Å². The first-order valence-corrected chi connectivity index (χ1v) is 8.75. The van der Waals surface area contributed by atoms with Gasteiger partial charge in [-0.25, -0.2) is 8.42 Å². The van der Waals surface area contributed by atoms with Crippen LogP contribution in [0.15, 0.2) is 53.4 Å². The molecule has 0 atom stereocenters. The highest BCUT2D eigenvalue weighted by Crippen LogP contribution is 2.25. The van der Waals surface area contributed by atoms with E-state index in [9.17, 15) is 8.42 Å². The Morgan fingerprint density at radius 2 is 1.55 bits per heavy atom. The van der Waals surface area contributed by atoms with Gasteiger partial charge in [-0.1, -0.05) is 17.7 Å². The van der Waals surface area contributed by atoms with Crippen molar-refractivity contribution in [1.82, 2.24) is 0 Å². The standard InChI is InChI=1S/C17H21NO3S/c1-4-18(15-8-6-14(3)7-9-15)22(19,20)17-12-10-16(11-13-17)21-5-2/h6-13H,4-5H2,1-3H3. The van der Waals surface area contributed by atoms with Crippen LogP contribution >= 0.6 is 0 Å². The molecule has 0 aromatic heterocycles. The molecule has 0 heterocycles. The summed E-state index contributed by atoms with van der Waals surface area (Å²) >= 11 is 0. The van der Waals surface area contributed by atoms with Gasteiger partial charge in [0.15, 0.2) is 0 Å². The van der Waals surface area contributed by atoms with Gasteiger partial charge in [-0.15, -0.1) is 0 Å². The second-order valence-corrected chi connectivity index (χ2v) is 6.77. The van der Waals surface area contributed by atoms with Crippen LogP contribution in [-0.2, 0) is 10.0 Å². The van der Waals surface area contributed by atoms with E-state index < -0.39 is 10.0 Å². The summed E-state index contributed by atoms with van der Waals surface area (Å²) in [5.74, 6) is 0.667. The van der Waals surface area contributed by atoms with E-state index in [2.05, 4.69) is 0 Å². The van der Waals surface area contributed by atoms with Gasteiger partial charge in [0, 0.05) is 6.54 Å². The summed E-state index contributed by atoms with van der Waals surface area (Å²) in [7, 11) is -3.57. The number of hydrogen-bond acceptors (Lipinski definition) is 3. The van der Waals surface area contributed by atoms with Crippen LogP contribution in [-0.4, -0.2) is 21.6 Å². The van der Waals surface area contributed by atoms with Crippen molar-refractivity contribution in [2.24, 2.45) is 0 Å². The Bertz CT molecular complexity index is 707. The number of anilines is 1. The first kappa shape index (κ1) is 16.4. The lowest BCUT2D eigenvalue weighted by atomic mass is 10.2. The number of benzene rings is 2. The first-order chi connectivity index (χ1) is 10.5. The molecule has 0 amide bonds. The van der Waals surface area contributed by atoms with E-state index in [1.165, 1.54) is 4.31 Å². The Balaban J connectivity index is 2.36. The topological polar surface area (TPSA) is 46.6 Å². The Labute approximate surface area is 132 Å². The minimum Gasteiger partial charge on any atom is -0.494 e. The molecule has 0 aliphatic carbocycles. The third-order valence-electron chi connectivity index (χ3n) is 3.33. The molecule has 2 aromatic rings. The van der Waals surface area contributed by atoms with Crippen molar-refractivity contribution < 1.29 is 13.2 Å². The number of rotatable bonds is 6. The molecule has 0 saturated carbocycles. The van der Waals surface area contributed by atoms with Crippen LogP contribution in [0.2, 0.25) is 0 Å². The van der Waals surface area contributed by atoms with Gasteiger partial charge in [0.1, 0.15) is 5.75 Å². The smallest absolute Gasteiger partial charge is 0.264 e. The van der Waals surface area contributed by atoms with Crippen LogP contribution in [0.5, 0.6) is 5.75 Å². The summed E-state index contributed by atoms with van der Waals surface area (Å²) in [5.41, 5.74) is 1.76. The maximum Gasteiger partial charge on any atom is 0.264 e. The molecule has 0 N–H and O–H groups in total. The van der Waals surface area contributed by atoms with Gasteiger partial charge in [-0.3, -0.25) is 4.31 Å². The molecule has 0 fully saturated rings. The minimum absolute atomic E-state index is 0.262. The van der Waals surface area contributed by atoms with Crippen molar-refractivity contribution in [3.05, 3.63) is 54.1 Å². The molecular weight excluding hydrogens is 298 g/mol. The average Bonchev–Trinajstić information content (AvgIpc) is 2.50. The van der Waals surface area contributed by atoms with Gasteiger partial charge >= 0.3 is 0 Å². The Morgan fingerprint density at radius 3 is 2.05 bits per heavy atom. The molecule has 0 aliphatic heterocycles. The number of hydrogen-bond donors (Lipinski definition) is 0. The van der Waals surface area contributed by atoms with Crippen molar-refractivity contribution in [1.29, 1.82) is 0 Å². The fourth-order valence-electron chi connectivity index (χ4n) is 2.20. The van der Waals surface area contributed by atoms with Crippen molar-refractivity contribution in [2.45, 2.75) is 25.7 Å². The third-order valence-corrected chi connectivity index (χ3v) is 5.25. The highest BCUT2D eigenvalue weighted by atomic mass is 32.2. The molecule has 118 valence electrons. The van der Waals surface area contributed by atoms with Crippen LogP contribution in [0.1, 0.15) is 19.4 Å². The predicted octanol–water partition coefficient (Wildman–Crippen LogP) is 3.61.